The molecule has 0 spiro atoms. The van der Waals surface area contributed by atoms with E-state index in [2.05, 4.69) is 13.8 Å². The summed E-state index contributed by atoms with van der Waals surface area (Å²) in [5.74, 6) is 0.443. The van der Waals surface area contributed by atoms with E-state index in [4.69, 9.17) is 22.1 Å². The highest BCUT2D eigenvalue weighted by Crippen LogP contribution is 2.35. The lowest BCUT2D eigenvalue weighted by Crippen LogP contribution is -2.44. The summed E-state index contributed by atoms with van der Waals surface area (Å²) in [7, 11) is 1.53. The Bertz CT molecular complexity index is 547. The summed E-state index contributed by atoms with van der Waals surface area (Å²) in [6, 6.07) is 3.22. The molecule has 1 unspecified atom stereocenters. The first-order valence-corrected chi connectivity index (χ1v) is 7.70. The van der Waals surface area contributed by atoms with Gasteiger partial charge in [-0.1, -0.05) is 25.4 Å². The van der Waals surface area contributed by atoms with Crippen molar-refractivity contribution in [2.24, 2.45) is 5.41 Å². The second-order valence-corrected chi connectivity index (χ2v) is 6.48. The van der Waals surface area contributed by atoms with Gasteiger partial charge in [-0.25, -0.2) is 0 Å². The van der Waals surface area contributed by atoms with Gasteiger partial charge in [-0.3, -0.25) is 4.79 Å². The van der Waals surface area contributed by atoms with E-state index >= 15 is 0 Å². The van der Waals surface area contributed by atoms with E-state index in [-0.39, 0.29) is 11.3 Å². The minimum absolute atomic E-state index is 0.0341. The average molecular weight is 311 g/mol. The number of nitrogens with zero attached hydrogens (tertiary/aromatic N) is 1. The third-order valence-electron chi connectivity index (χ3n) is 4.47. The zero-order valence-corrected chi connectivity index (χ0v) is 13.7. The molecule has 0 aromatic heterocycles. The molecule has 2 rings (SSSR count). The lowest BCUT2D eigenvalue weighted by Gasteiger charge is -2.40. The average Bonchev–Trinajstić information content (AvgIpc) is 2.49. The number of amides is 1. The minimum atomic E-state index is -0.0341. The smallest absolute Gasteiger partial charge is 0.257 e. The molecule has 21 heavy (non-hydrogen) atoms. The number of rotatable bonds is 3. The Balaban J connectivity index is 2.29. The first-order chi connectivity index (χ1) is 9.90. The molecule has 1 aliphatic rings. The van der Waals surface area contributed by atoms with Gasteiger partial charge in [0.15, 0.2) is 0 Å². The Morgan fingerprint density at radius 2 is 2.24 bits per heavy atom. The fourth-order valence-corrected chi connectivity index (χ4v) is 3.02. The summed E-state index contributed by atoms with van der Waals surface area (Å²) in [6.07, 6.45) is 3.25. The van der Waals surface area contributed by atoms with Gasteiger partial charge >= 0.3 is 0 Å². The maximum atomic E-state index is 12.8. The number of anilines is 1. The van der Waals surface area contributed by atoms with E-state index < -0.39 is 0 Å². The van der Waals surface area contributed by atoms with Crippen LogP contribution in [0.4, 0.5) is 5.69 Å². The molecule has 1 saturated heterocycles. The first kappa shape index (κ1) is 16.0. The topological polar surface area (TPSA) is 55.6 Å². The number of methoxy groups -OCH3 is 1. The molecule has 1 aromatic rings. The second-order valence-electron chi connectivity index (χ2n) is 6.07. The predicted octanol–water partition coefficient (Wildman–Crippen LogP) is 3.58. The number of piperidine rings is 1. The molecule has 5 heteroatoms. The largest absolute Gasteiger partial charge is 0.496 e. The number of hydrogen-bond donors (Lipinski definition) is 1. The molecule has 2 N–H and O–H groups in total. The number of nitrogen functional groups attached to an aromatic ring is 1. The van der Waals surface area contributed by atoms with Crippen LogP contribution in [-0.4, -0.2) is 31.0 Å². The third-order valence-corrected chi connectivity index (χ3v) is 4.80. The molecule has 0 aliphatic carbocycles. The highest BCUT2D eigenvalue weighted by molar-refractivity contribution is 6.33. The molecular weight excluding hydrogens is 288 g/mol. The van der Waals surface area contributed by atoms with Crippen molar-refractivity contribution >= 4 is 23.2 Å². The molecule has 1 heterocycles. The highest BCUT2D eigenvalue weighted by atomic mass is 35.5. The Morgan fingerprint density at radius 1 is 1.52 bits per heavy atom. The summed E-state index contributed by atoms with van der Waals surface area (Å²) in [5, 5.41) is 0.384. The summed E-state index contributed by atoms with van der Waals surface area (Å²) >= 11 is 6.06. The fraction of sp³-hybridized carbons (Fsp3) is 0.562. The van der Waals surface area contributed by atoms with E-state index in [0.717, 1.165) is 32.4 Å². The van der Waals surface area contributed by atoms with Crippen LogP contribution in [0.25, 0.3) is 0 Å². The number of nitrogens with two attached hydrogens (primary N) is 1. The van der Waals surface area contributed by atoms with Gasteiger partial charge in [0, 0.05) is 19.2 Å². The second kappa shape index (κ2) is 6.14. The molecular formula is C16H23ClN2O2. The number of hydrogen-bond acceptors (Lipinski definition) is 3. The maximum Gasteiger partial charge on any atom is 0.257 e. The summed E-state index contributed by atoms with van der Waals surface area (Å²) in [4.78, 5) is 14.7. The normalized spacial score (nSPS) is 22.2. The van der Waals surface area contributed by atoms with E-state index in [1.165, 1.54) is 7.11 Å². The Kier molecular flexibility index (Phi) is 4.67. The van der Waals surface area contributed by atoms with Crippen molar-refractivity contribution in [2.75, 3.05) is 25.9 Å². The van der Waals surface area contributed by atoms with Crippen LogP contribution in [0.3, 0.4) is 0 Å². The van der Waals surface area contributed by atoms with Gasteiger partial charge in [-0.2, -0.15) is 0 Å². The standard InChI is InChI=1S/C16H23ClN2O2/c1-4-16(2)6-5-7-19(10-16)15(20)11-8-12(17)13(18)9-14(11)21-3/h8-9H,4-7,10,18H2,1-3H3. The number of benzene rings is 1. The first-order valence-electron chi connectivity index (χ1n) is 7.32. The number of carbonyl (C=O) groups excluding carboxylic acids is 1. The van der Waals surface area contributed by atoms with Crippen LogP contribution in [0, 0.1) is 5.41 Å². The lowest BCUT2D eigenvalue weighted by molar-refractivity contribution is 0.0540. The Morgan fingerprint density at radius 3 is 2.86 bits per heavy atom. The summed E-state index contributed by atoms with van der Waals surface area (Å²) in [5.41, 5.74) is 6.87. The molecule has 0 radical (unpaired) electrons. The molecule has 1 amide bonds. The summed E-state index contributed by atoms with van der Waals surface area (Å²) < 4.78 is 5.29. The van der Waals surface area contributed by atoms with Gasteiger partial charge in [-0.05, 0) is 30.7 Å². The quantitative estimate of drug-likeness (QED) is 0.868. The zero-order chi connectivity index (χ0) is 15.6. The Labute approximate surface area is 131 Å². The van der Waals surface area contributed by atoms with E-state index in [9.17, 15) is 4.79 Å². The number of ether oxygens (including phenoxy) is 1. The lowest BCUT2D eigenvalue weighted by atomic mass is 9.79. The van der Waals surface area contributed by atoms with Crippen LogP contribution in [0.2, 0.25) is 5.02 Å². The van der Waals surface area contributed by atoms with Crippen LogP contribution < -0.4 is 10.5 Å². The highest BCUT2D eigenvalue weighted by Gasteiger charge is 2.33. The van der Waals surface area contributed by atoms with Crippen molar-refractivity contribution < 1.29 is 9.53 Å². The van der Waals surface area contributed by atoms with Crippen LogP contribution in [0.1, 0.15) is 43.5 Å². The molecule has 1 atom stereocenters. The number of likely N-dealkylation sites (tertiary alicyclic amines) is 1. The number of carbonyl (C=O) groups is 1. The van der Waals surface area contributed by atoms with Crippen molar-refractivity contribution in [1.29, 1.82) is 0 Å². The molecule has 1 aromatic carbocycles. The van der Waals surface area contributed by atoms with Crippen molar-refractivity contribution in [3.63, 3.8) is 0 Å². The van der Waals surface area contributed by atoms with Gasteiger partial charge in [0.25, 0.3) is 5.91 Å². The molecule has 0 bridgehead atoms. The zero-order valence-electron chi connectivity index (χ0n) is 12.9. The molecule has 1 aliphatic heterocycles. The SMILES string of the molecule is CCC1(C)CCCN(C(=O)c2cc(Cl)c(N)cc2OC)C1. The Hall–Kier alpha value is -1.42. The van der Waals surface area contributed by atoms with Crippen molar-refractivity contribution in [1.82, 2.24) is 4.90 Å². The van der Waals surface area contributed by atoms with Crippen LogP contribution in [-0.2, 0) is 0 Å². The molecule has 4 nitrogen and oxygen atoms in total. The minimum Gasteiger partial charge on any atom is -0.496 e. The van der Waals surface area contributed by atoms with Gasteiger partial charge in [-0.15, -0.1) is 0 Å². The van der Waals surface area contributed by atoms with Crippen LogP contribution in [0.5, 0.6) is 5.75 Å². The van der Waals surface area contributed by atoms with Gasteiger partial charge in [0.2, 0.25) is 0 Å². The number of halogens is 1. The molecule has 1 fully saturated rings. The van der Waals surface area contributed by atoms with E-state index in [0.29, 0.717) is 22.0 Å². The third kappa shape index (κ3) is 3.26. The predicted molar refractivity (Wildman–Crippen MR) is 86.0 cm³/mol. The van der Waals surface area contributed by atoms with E-state index in [1.54, 1.807) is 12.1 Å². The monoisotopic (exact) mass is 310 g/mol. The van der Waals surface area contributed by atoms with Gasteiger partial charge < -0.3 is 15.4 Å². The van der Waals surface area contributed by atoms with Gasteiger partial charge in [0.05, 0.1) is 23.4 Å². The van der Waals surface area contributed by atoms with Crippen LogP contribution >= 0.6 is 11.6 Å². The summed E-state index contributed by atoms with van der Waals surface area (Å²) in [6.45, 7) is 5.96. The van der Waals surface area contributed by atoms with Crippen molar-refractivity contribution in [2.45, 2.75) is 33.1 Å². The molecule has 0 saturated carbocycles. The van der Waals surface area contributed by atoms with E-state index in [1.807, 2.05) is 4.90 Å². The van der Waals surface area contributed by atoms with Crippen molar-refractivity contribution in [3.8, 4) is 5.75 Å². The van der Waals surface area contributed by atoms with Crippen molar-refractivity contribution in [3.05, 3.63) is 22.7 Å². The maximum absolute atomic E-state index is 12.8. The fourth-order valence-electron chi connectivity index (χ4n) is 2.85. The van der Waals surface area contributed by atoms with Gasteiger partial charge in [0.1, 0.15) is 5.75 Å². The molecule has 116 valence electrons. The van der Waals surface area contributed by atoms with Crippen LogP contribution in [0.15, 0.2) is 12.1 Å².